The Bertz CT molecular complexity index is 638. The number of anilines is 1. The number of carboxylic acid groups (broad SMARTS) is 1. The highest BCUT2D eigenvalue weighted by Crippen LogP contribution is 2.20. The Morgan fingerprint density at radius 2 is 2.13 bits per heavy atom. The summed E-state index contributed by atoms with van der Waals surface area (Å²) in [6.45, 7) is 0.558. The lowest BCUT2D eigenvalue weighted by Crippen LogP contribution is -2.43. The summed E-state index contributed by atoms with van der Waals surface area (Å²) >= 11 is 5.61. The molecule has 2 N–H and O–H groups in total. The molecule has 1 aromatic rings. The Labute approximate surface area is 137 Å². The van der Waals surface area contributed by atoms with Crippen LogP contribution in [0.3, 0.4) is 0 Å². The molecule has 0 radical (unpaired) electrons. The first-order valence-corrected chi connectivity index (χ1v) is 7.50. The van der Waals surface area contributed by atoms with Crippen LogP contribution in [-0.2, 0) is 14.4 Å². The molecule has 1 atom stereocenters. The number of rotatable bonds is 4. The largest absolute Gasteiger partial charge is 0.481 e. The molecule has 0 spiro atoms. The minimum atomic E-state index is -0.937. The first-order chi connectivity index (χ1) is 10.9. The first-order valence-electron chi connectivity index (χ1n) is 7.12. The number of amides is 2. The van der Waals surface area contributed by atoms with Gasteiger partial charge >= 0.3 is 5.97 Å². The Morgan fingerprint density at radius 3 is 2.78 bits per heavy atom. The van der Waals surface area contributed by atoms with E-state index in [1.165, 1.54) is 17.0 Å². The number of nitrogens with one attached hydrogen (secondary N) is 1. The van der Waals surface area contributed by atoms with Crippen LogP contribution in [0.5, 0.6) is 0 Å². The molecule has 0 saturated carbocycles. The average molecular weight is 343 g/mol. The van der Waals surface area contributed by atoms with Crippen molar-refractivity contribution in [2.24, 2.45) is 5.92 Å². The van der Waals surface area contributed by atoms with E-state index in [0.717, 1.165) is 6.07 Å². The smallest absolute Gasteiger partial charge is 0.308 e. The van der Waals surface area contributed by atoms with Crippen LogP contribution in [0.4, 0.5) is 10.1 Å². The highest BCUT2D eigenvalue weighted by molar-refractivity contribution is 6.31. The van der Waals surface area contributed by atoms with Gasteiger partial charge in [-0.05, 0) is 31.0 Å². The molecule has 1 aromatic carbocycles. The fourth-order valence-corrected chi connectivity index (χ4v) is 2.61. The highest BCUT2D eigenvalue weighted by atomic mass is 35.5. The SMILES string of the molecule is O=C(CC(=O)N1CCCC(C(=O)O)C1)Nc1ccc(F)c(Cl)c1. The lowest BCUT2D eigenvalue weighted by atomic mass is 9.98. The summed E-state index contributed by atoms with van der Waals surface area (Å²) in [5.41, 5.74) is 0.288. The fourth-order valence-electron chi connectivity index (χ4n) is 2.43. The molecule has 1 saturated heterocycles. The predicted octanol–water partition coefficient (Wildman–Crippen LogP) is 2.13. The van der Waals surface area contributed by atoms with Crippen LogP contribution in [-0.4, -0.2) is 40.9 Å². The maximum atomic E-state index is 13.0. The number of hydrogen-bond acceptors (Lipinski definition) is 3. The van der Waals surface area contributed by atoms with Crippen molar-refractivity contribution in [3.8, 4) is 0 Å². The lowest BCUT2D eigenvalue weighted by molar-refractivity contribution is -0.145. The molecular formula is C15H16ClFN2O4. The quantitative estimate of drug-likeness (QED) is 0.821. The van der Waals surface area contributed by atoms with Gasteiger partial charge in [0.05, 0.1) is 10.9 Å². The van der Waals surface area contributed by atoms with E-state index in [0.29, 0.717) is 19.4 Å². The van der Waals surface area contributed by atoms with Crippen molar-refractivity contribution in [1.82, 2.24) is 4.90 Å². The number of benzene rings is 1. The summed E-state index contributed by atoms with van der Waals surface area (Å²) < 4.78 is 13.0. The van der Waals surface area contributed by atoms with E-state index in [9.17, 15) is 18.8 Å². The summed E-state index contributed by atoms with van der Waals surface area (Å²) in [5.74, 6) is -3.12. The number of halogens is 2. The molecule has 1 heterocycles. The van der Waals surface area contributed by atoms with E-state index < -0.39 is 35.9 Å². The number of carbonyl (C=O) groups excluding carboxylic acids is 2. The third-order valence-electron chi connectivity index (χ3n) is 3.64. The number of piperidine rings is 1. The second-order valence-corrected chi connectivity index (χ2v) is 5.78. The molecule has 1 fully saturated rings. The summed E-state index contributed by atoms with van der Waals surface area (Å²) in [6, 6.07) is 3.70. The van der Waals surface area contributed by atoms with Gasteiger partial charge in [0.15, 0.2) is 0 Å². The molecule has 0 bridgehead atoms. The van der Waals surface area contributed by atoms with Gasteiger partial charge in [-0.25, -0.2) is 4.39 Å². The summed E-state index contributed by atoms with van der Waals surface area (Å²) in [4.78, 5) is 36.3. The Kier molecular flexibility index (Phi) is 5.54. The van der Waals surface area contributed by atoms with Gasteiger partial charge in [0.1, 0.15) is 12.2 Å². The second kappa shape index (κ2) is 7.41. The van der Waals surface area contributed by atoms with Crippen LogP contribution >= 0.6 is 11.6 Å². The predicted molar refractivity (Wildman–Crippen MR) is 81.6 cm³/mol. The molecule has 1 unspecified atom stereocenters. The zero-order valence-corrected chi connectivity index (χ0v) is 13.0. The minimum absolute atomic E-state index is 0.115. The standard InChI is InChI=1S/C15H16ClFN2O4/c16-11-6-10(3-4-12(11)17)18-13(20)7-14(21)19-5-1-2-9(8-19)15(22)23/h3-4,6,9H,1-2,5,7-8H2,(H,18,20)(H,22,23). The van der Waals surface area contributed by atoms with Gasteiger partial charge in [-0.3, -0.25) is 14.4 Å². The third kappa shape index (κ3) is 4.66. The molecule has 23 heavy (non-hydrogen) atoms. The van der Waals surface area contributed by atoms with Gasteiger partial charge in [0.2, 0.25) is 11.8 Å². The number of nitrogens with zero attached hydrogens (tertiary/aromatic N) is 1. The van der Waals surface area contributed by atoms with Crippen LogP contribution < -0.4 is 5.32 Å². The van der Waals surface area contributed by atoms with E-state index in [1.807, 2.05) is 0 Å². The van der Waals surface area contributed by atoms with E-state index >= 15 is 0 Å². The number of hydrogen-bond donors (Lipinski definition) is 2. The van der Waals surface area contributed by atoms with E-state index in [1.54, 1.807) is 0 Å². The van der Waals surface area contributed by atoms with Crippen LogP contribution in [0.1, 0.15) is 19.3 Å². The zero-order chi connectivity index (χ0) is 17.0. The van der Waals surface area contributed by atoms with Crippen molar-refractivity contribution in [2.75, 3.05) is 18.4 Å². The summed E-state index contributed by atoms with van der Waals surface area (Å²) in [6.07, 6.45) is 0.721. The zero-order valence-electron chi connectivity index (χ0n) is 12.2. The molecule has 2 rings (SSSR count). The molecule has 6 nitrogen and oxygen atoms in total. The highest BCUT2D eigenvalue weighted by Gasteiger charge is 2.28. The van der Waals surface area contributed by atoms with Crippen LogP contribution in [0.25, 0.3) is 0 Å². The van der Waals surface area contributed by atoms with Crippen molar-refractivity contribution in [2.45, 2.75) is 19.3 Å². The summed E-state index contributed by atoms with van der Waals surface area (Å²) in [5, 5.41) is 11.3. The van der Waals surface area contributed by atoms with Crippen LogP contribution in [0, 0.1) is 11.7 Å². The number of carbonyl (C=O) groups is 3. The molecule has 124 valence electrons. The van der Waals surface area contributed by atoms with Crippen LogP contribution in [0.15, 0.2) is 18.2 Å². The van der Waals surface area contributed by atoms with Gasteiger partial charge in [0, 0.05) is 18.8 Å². The van der Waals surface area contributed by atoms with Crippen molar-refractivity contribution in [3.05, 3.63) is 29.0 Å². The van der Waals surface area contributed by atoms with Gasteiger partial charge in [-0.2, -0.15) is 0 Å². The lowest BCUT2D eigenvalue weighted by Gasteiger charge is -2.30. The van der Waals surface area contributed by atoms with Crippen LogP contribution in [0.2, 0.25) is 5.02 Å². The maximum absolute atomic E-state index is 13.0. The molecular weight excluding hydrogens is 327 g/mol. The first kappa shape index (κ1) is 17.2. The van der Waals surface area contributed by atoms with Gasteiger partial charge in [-0.1, -0.05) is 11.6 Å². The second-order valence-electron chi connectivity index (χ2n) is 5.37. The van der Waals surface area contributed by atoms with Crippen molar-refractivity contribution < 1.29 is 23.9 Å². The van der Waals surface area contributed by atoms with E-state index in [2.05, 4.69) is 5.32 Å². The topological polar surface area (TPSA) is 86.7 Å². The normalized spacial score (nSPS) is 17.7. The third-order valence-corrected chi connectivity index (χ3v) is 3.93. The molecule has 1 aliphatic heterocycles. The Hall–Kier alpha value is -2.15. The molecule has 0 aromatic heterocycles. The fraction of sp³-hybridized carbons (Fsp3) is 0.400. The van der Waals surface area contributed by atoms with Crippen molar-refractivity contribution in [3.63, 3.8) is 0 Å². The van der Waals surface area contributed by atoms with Crippen molar-refractivity contribution >= 4 is 35.1 Å². The van der Waals surface area contributed by atoms with Gasteiger partial charge in [-0.15, -0.1) is 0 Å². The molecule has 1 aliphatic rings. The Morgan fingerprint density at radius 1 is 1.39 bits per heavy atom. The number of carboxylic acids is 1. The average Bonchev–Trinajstić information content (AvgIpc) is 2.51. The monoisotopic (exact) mass is 342 g/mol. The van der Waals surface area contributed by atoms with E-state index in [4.69, 9.17) is 16.7 Å². The number of likely N-dealkylation sites (tertiary alicyclic amines) is 1. The van der Waals surface area contributed by atoms with Gasteiger partial charge in [0.25, 0.3) is 0 Å². The maximum Gasteiger partial charge on any atom is 0.308 e. The molecule has 0 aliphatic carbocycles. The number of aliphatic carboxylic acids is 1. The van der Waals surface area contributed by atoms with Crippen molar-refractivity contribution in [1.29, 1.82) is 0 Å². The van der Waals surface area contributed by atoms with E-state index in [-0.39, 0.29) is 17.3 Å². The summed E-state index contributed by atoms with van der Waals surface area (Å²) in [7, 11) is 0. The molecule has 8 heteroatoms. The van der Waals surface area contributed by atoms with Gasteiger partial charge < -0.3 is 15.3 Å². The molecule has 2 amide bonds. The minimum Gasteiger partial charge on any atom is -0.481 e. The Balaban J connectivity index is 1.90.